The van der Waals surface area contributed by atoms with Crippen LogP contribution in [0.1, 0.15) is 5.56 Å². The molecule has 6 nitrogen and oxygen atoms in total. The molecule has 2 N–H and O–H groups in total. The largest absolute Gasteiger partial charge is 0.496 e. The zero-order valence-electron chi connectivity index (χ0n) is 10.6. The quantitative estimate of drug-likeness (QED) is 0.805. The number of carboxylic acid groups (broad SMARTS) is 1. The number of carbonyl (C=O) groups excluding carboxylic acids is 1. The lowest BCUT2D eigenvalue weighted by atomic mass is 10.1. The van der Waals surface area contributed by atoms with Gasteiger partial charge in [-0.05, 0) is 6.07 Å². The van der Waals surface area contributed by atoms with E-state index in [0.717, 1.165) is 5.56 Å². The van der Waals surface area contributed by atoms with Crippen molar-refractivity contribution in [1.82, 2.24) is 10.2 Å². The fourth-order valence-corrected chi connectivity index (χ4v) is 2.15. The van der Waals surface area contributed by atoms with Gasteiger partial charge in [-0.15, -0.1) is 0 Å². The first kappa shape index (κ1) is 13.4. The lowest BCUT2D eigenvalue weighted by Crippen LogP contribution is -2.56. The van der Waals surface area contributed by atoms with Crippen LogP contribution in [-0.4, -0.2) is 48.1 Å². The Morgan fingerprint density at radius 2 is 2.26 bits per heavy atom. The van der Waals surface area contributed by atoms with Gasteiger partial charge in [-0.1, -0.05) is 18.2 Å². The lowest BCUT2D eigenvalue weighted by Gasteiger charge is -2.32. The van der Waals surface area contributed by atoms with Gasteiger partial charge in [0.25, 0.3) is 0 Å². The van der Waals surface area contributed by atoms with Crippen molar-refractivity contribution < 1.29 is 19.4 Å². The number of benzene rings is 1. The molecule has 1 atom stereocenters. The summed E-state index contributed by atoms with van der Waals surface area (Å²) in [7, 11) is 1.57. The molecule has 1 aliphatic heterocycles. The molecule has 6 heteroatoms. The number of amides is 1. The number of hydrogen-bond acceptors (Lipinski definition) is 4. The minimum Gasteiger partial charge on any atom is -0.496 e. The minimum atomic E-state index is -0.935. The van der Waals surface area contributed by atoms with Gasteiger partial charge in [0.1, 0.15) is 11.8 Å². The average Bonchev–Trinajstić information content (AvgIpc) is 2.39. The number of nitrogens with zero attached hydrogens (tertiary/aromatic N) is 1. The van der Waals surface area contributed by atoms with Gasteiger partial charge in [0.05, 0.1) is 13.7 Å². The number of piperazine rings is 1. The maximum absolute atomic E-state index is 11.4. The number of rotatable bonds is 4. The van der Waals surface area contributed by atoms with Gasteiger partial charge in [-0.3, -0.25) is 14.5 Å². The molecule has 0 aliphatic carbocycles. The summed E-state index contributed by atoms with van der Waals surface area (Å²) in [6.07, 6.45) is 0. The maximum atomic E-state index is 11.4. The molecule has 1 aromatic carbocycles. The normalized spacial score (nSPS) is 19.8. The van der Waals surface area contributed by atoms with Crippen LogP contribution < -0.4 is 10.1 Å². The Hall–Kier alpha value is -2.08. The summed E-state index contributed by atoms with van der Waals surface area (Å²) in [6, 6.07) is 6.68. The molecule has 0 aromatic heterocycles. The number of carbonyl (C=O) groups is 2. The molecule has 0 spiro atoms. The monoisotopic (exact) mass is 264 g/mol. The zero-order valence-corrected chi connectivity index (χ0v) is 10.6. The van der Waals surface area contributed by atoms with E-state index in [-0.39, 0.29) is 19.0 Å². The first-order chi connectivity index (χ1) is 9.11. The molecule has 1 fully saturated rings. The number of para-hydroxylation sites is 1. The molecule has 2 rings (SSSR count). The molecule has 1 saturated heterocycles. The van der Waals surface area contributed by atoms with Crippen molar-refractivity contribution in [3.05, 3.63) is 29.8 Å². The van der Waals surface area contributed by atoms with Gasteiger partial charge >= 0.3 is 5.97 Å². The van der Waals surface area contributed by atoms with Crippen molar-refractivity contribution in [3.63, 3.8) is 0 Å². The van der Waals surface area contributed by atoms with Gasteiger partial charge in [0.2, 0.25) is 5.91 Å². The SMILES string of the molecule is COc1ccccc1CN1CC(=O)NCC1C(=O)O. The Morgan fingerprint density at radius 3 is 2.95 bits per heavy atom. The fourth-order valence-electron chi connectivity index (χ4n) is 2.15. The average molecular weight is 264 g/mol. The summed E-state index contributed by atoms with van der Waals surface area (Å²) in [5.41, 5.74) is 0.867. The van der Waals surface area contributed by atoms with Crippen molar-refractivity contribution in [2.45, 2.75) is 12.6 Å². The Bertz CT molecular complexity index is 489. The third-order valence-electron chi connectivity index (χ3n) is 3.13. The van der Waals surface area contributed by atoms with Crippen molar-refractivity contribution in [1.29, 1.82) is 0 Å². The van der Waals surface area contributed by atoms with E-state index in [1.807, 2.05) is 24.3 Å². The second-order valence-electron chi connectivity index (χ2n) is 4.37. The van der Waals surface area contributed by atoms with Crippen molar-refractivity contribution in [2.24, 2.45) is 0 Å². The molecule has 102 valence electrons. The molecule has 1 heterocycles. The number of methoxy groups -OCH3 is 1. The highest BCUT2D eigenvalue weighted by Gasteiger charge is 2.32. The summed E-state index contributed by atoms with van der Waals surface area (Å²) in [6.45, 7) is 0.576. The van der Waals surface area contributed by atoms with Gasteiger partial charge < -0.3 is 15.2 Å². The fraction of sp³-hybridized carbons (Fsp3) is 0.385. The highest BCUT2D eigenvalue weighted by Crippen LogP contribution is 2.20. The predicted octanol–water partition coefficient (Wildman–Crippen LogP) is 0.0802. The van der Waals surface area contributed by atoms with Gasteiger partial charge in [0, 0.05) is 18.7 Å². The molecule has 1 aromatic rings. The first-order valence-electron chi connectivity index (χ1n) is 5.97. The van der Waals surface area contributed by atoms with E-state index < -0.39 is 12.0 Å². The minimum absolute atomic E-state index is 0.0784. The molecule has 1 aliphatic rings. The summed E-state index contributed by atoms with van der Waals surface area (Å²) < 4.78 is 5.23. The van der Waals surface area contributed by atoms with Crippen LogP contribution in [0.25, 0.3) is 0 Å². The third-order valence-corrected chi connectivity index (χ3v) is 3.13. The van der Waals surface area contributed by atoms with E-state index in [2.05, 4.69) is 5.32 Å². The van der Waals surface area contributed by atoms with Crippen LogP contribution in [0.15, 0.2) is 24.3 Å². The molecule has 1 unspecified atom stereocenters. The summed E-state index contributed by atoms with van der Waals surface area (Å²) in [5, 5.41) is 11.7. The predicted molar refractivity (Wildman–Crippen MR) is 67.8 cm³/mol. The summed E-state index contributed by atoms with van der Waals surface area (Å²) in [5.74, 6) is -0.403. The highest BCUT2D eigenvalue weighted by molar-refractivity contribution is 5.83. The number of aliphatic carboxylic acids is 1. The maximum Gasteiger partial charge on any atom is 0.322 e. The van der Waals surface area contributed by atoms with E-state index >= 15 is 0 Å². The Labute approximate surface area is 111 Å². The standard InChI is InChI=1S/C13H16N2O4/c1-19-11-5-3-2-4-9(11)7-15-8-12(16)14-6-10(15)13(17)18/h2-5,10H,6-8H2,1H3,(H,14,16)(H,17,18). The van der Waals surface area contributed by atoms with Gasteiger partial charge in [-0.2, -0.15) is 0 Å². The highest BCUT2D eigenvalue weighted by atomic mass is 16.5. The van der Waals surface area contributed by atoms with E-state index in [1.165, 1.54) is 0 Å². The van der Waals surface area contributed by atoms with Crippen molar-refractivity contribution in [2.75, 3.05) is 20.2 Å². The Morgan fingerprint density at radius 1 is 1.53 bits per heavy atom. The van der Waals surface area contributed by atoms with Crippen LogP contribution in [0.4, 0.5) is 0 Å². The number of nitrogens with one attached hydrogen (secondary N) is 1. The van der Waals surface area contributed by atoms with Crippen LogP contribution in [0.2, 0.25) is 0 Å². The number of carboxylic acids is 1. The van der Waals surface area contributed by atoms with Crippen LogP contribution >= 0.6 is 0 Å². The van der Waals surface area contributed by atoms with Crippen LogP contribution in [0, 0.1) is 0 Å². The zero-order chi connectivity index (χ0) is 13.8. The molecule has 0 radical (unpaired) electrons. The van der Waals surface area contributed by atoms with Crippen LogP contribution in [0.3, 0.4) is 0 Å². The lowest BCUT2D eigenvalue weighted by molar-refractivity contribution is -0.146. The molecule has 0 saturated carbocycles. The van der Waals surface area contributed by atoms with Gasteiger partial charge in [-0.25, -0.2) is 0 Å². The molecule has 19 heavy (non-hydrogen) atoms. The van der Waals surface area contributed by atoms with E-state index in [4.69, 9.17) is 4.74 Å². The van der Waals surface area contributed by atoms with Crippen molar-refractivity contribution in [3.8, 4) is 5.75 Å². The van der Waals surface area contributed by atoms with Crippen molar-refractivity contribution >= 4 is 11.9 Å². The van der Waals surface area contributed by atoms with Crippen LogP contribution in [-0.2, 0) is 16.1 Å². The molecule has 0 bridgehead atoms. The number of hydrogen-bond donors (Lipinski definition) is 2. The molecule has 1 amide bonds. The van der Waals surface area contributed by atoms with E-state index in [9.17, 15) is 14.7 Å². The topological polar surface area (TPSA) is 78.9 Å². The third kappa shape index (κ3) is 3.03. The Balaban J connectivity index is 2.18. The van der Waals surface area contributed by atoms with E-state index in [1.54, 1.807) is 12.0 Å². The summed E-state index contributed by atoms with van der Waals surface area (Å²) in [4.78, 5) is 24.2. The smallest absolute Gasteiger partial charge is 0.322 e. The molecular formula is C13H16N2O4. The summed E-state index contributed by atoms with van der Waals surface area (Å²) >= 11 is 0. The number of ether oxygens (including phenoxy) is 1. The van der Waals surface area contributed by atoms with Gasteiger partial charge in [0.15, 0.2) is 0 Å². The Kier molecular flexibility index (Phi) is 4.01. The van der Waals surface area contributed by atoms with Crippen LogP contribution in [0.5, 0.6) is 5.75 Å². The second kappa shape index (κ2) is 5.71. The van der Waals surface area contributed by atoms with E-state index in [0.29, 0.717) is 12.3 Å². The first-order valence-corrected chi connectivity index (χ1v) is 5.97. The molecular weight excluding hydrogens is 248 g/mol. The second-order valence-corrected chi connectivity index (χ2v) is 4.37.